The van der Waals surface area contributed by atoms with E-state index in [1.807, 2.05) is 43.0 Å². The molecular weight excluding hydrogens is 418 g/mol. The summed E-state index contributed by atoms with van der Waals surface area (Å²) in [6.07, 6.45) is 0. The number of hydrogen-bond acceptors (Lipinski definition) is 6. The van der Waals surface area contributed by atoms with Gasteiger partial charge < -0.3 is 14.2 Å². The van der Waals surface area contributed by atoms with Crippen LogP contribution in [0.5, 0.6) is 5.75 Å². The van der Waals surface area contributed by atoms with Crippen molar-refractivity contribution in [3.8, 4) is 5.75 Å². The van der Waals surface area contributed by atoms with Gasteiger partial charge in [-0.1, -0.05) is 5.16 Å². The maximum absolute atomic E-state index is 13.0. The molecule has 0 aliphatic carbocycles. The van der Waals surface area contributed by atoms with Crippen LogP contribution in [-0.2, 0) is 19.7 Å². The van der Waals surface area contributed by atoms with Crippen molar-refractivity contribution in [2.45, 2.75) is 54.3 Å². The van der Waals surface area contributed by atoms with Crippen molar-refractivity contribution in [3.05, 3.63) is 63.8 Å². The summed E-state index contributed by atoms with van der Waals surface area (Å²) in [5.74, 6) is 1.55. The first-order valence-corrected chi connectivity index (χ1v) is 11.6. The monoisotopic (exact) mass is 451 g/mol. The number of aryl methyl sites for hydroxylation is 4. The first kappa shape index (κ1) is 23.0. The second kappa shape index (κ2) is 9.79. The van der Waals surface area contributed by atoms with Crippen molar-refractivity contribution in [3.63, 3.8) is 0 Å². The molecule has 8 heteroatoms. The van der Waals surface area contributed by atoms with Crippen molar-refractivity contribution < 1.29 is 14.1 Å². The summed E-state index contributed by atoms with van der Waals surface area (Å²) in [6.45, 7) is 15.5. The Bertz CT molecular complexity index is 1090. The third kappa shape index (κ3) is 4.95. The van der Waals surface area contributed by atoms with Crippen molar-refractivity contribution in [1.82, 2.24) is 24.7 Å². The summed E-state index contributed by atoms with van der Waals surface area (Å²) >= 11 is 0. The van der Waals surface area contributed by atoms with Gasteiger partial charge in [0.2, 0.25) is 0 Å². The van der Waals surface area contributed by atoms with Gasteiger partial charge >= 0.3 is 0 Å². The van der Waals surface area contributed by atoms with E-state index in [4.69, 9.17) is 9.26 Å². The molecule has 4 rings (SSSR count). The van der Waals surface area contributed by atoms with E-state index in [-0.39, 0.29) is 5.91 Å². The van der Waals surface area contributed by atoms with Crippen LogP contribution in [0.15, 0.2) is 28.8 Å². The number of benzene rings is 1. The lowest BCUT2D eigenvalue weighted by molar-refractivity contribution is 0.0628. The number of hydrogen-bond donors (Lipinski definition) is 0. The molecule has 0 unspecified atom stereocenters. The van der Waals surface area contributed by atoms with Crippen molar-refractivity contribution >= 4 is 5.91 Å². The predicted molar refractivity (Wildman–Crippen MR) is 125 cm³/mol. The van der Waals surface area contributed by atoms with E-state index in [1.54, 1.807) is 0 Å². The van der Waals surface area contributed by atoms with Gasteiger partial charge in [0.25, 0.3) is 5.91 Å². The van der Waals surface area contributed by atoms with Gasteiger partial charge in [-0.15, -0.1) is 0 Å². The highest BCUT2D eigenvalue weighted by molar-refractivity contribution is 5.94. The minimum Gasteiger partial charge on any atom is -0.489 e. The first-order chi connectivity index (χ1) is 15.9. The zero-order chi connectivity index (χ0) is 23.5. The fraction of sp³-hybridized carbons (Fsp3) is 0.480. The number of nitrogens with zero attached hydrogens (tertiary/aromatic N) is 5. The van der Waals surface area contributed by atoms with Crippen LogP contribution >= 0.6 is 0 Å². The molecule has 2 aromatic heterocycles. The molecule has 176 valence electrons. The Labute approximate surface area is 195 Å². The molecule has 3 aromatic rings. The van der Waals surface area contributed by atoms with E-state index < -0.39 is 0 Å². The Morgan fingerprint density at radius 2 is 1.70 bits per heavy atom. The summed E-state index contributed by atoms with van der Waals surface area (Å²) in [4.78, 5) is 17.3. The Balaban J connectivity index is 1.30. The largest absolute Gasteiger partial charge is 0.489 e. The van der Waals surface area contributed by atoms with Crippen LogP contribution in [0.3, 0.4) is 0 Å². The fourth-order valence-electron chi connectivity index (χ4n) is 4.34. The summed E-state index contributed by atoms with van der Waals surface area (Å²) in [6, 6.07) is 7.36. The normalized spacial score (nSPS) is 14.6. The van der Waals surface area contributed by atoms with Crippen LogP contribution in [0.1, 0.15) is 51.3 Å². The van der Waals surface area contributed by atoms with E-state index in [0.29, 0.717) is 12.2 Å². The van der Waals surface area contributed by atoms with Gasteiger partial charge in [0.1, 0.15) is 18.1 Å². The maximum atomic E-state index is 13.0. The molecule has 0 N–H and O–H groups in total. The molecule has 0 bridgehead atoms. The summed E-state index contributed by atoms with van der Waals surface area (Å²) in [5, 5.41) is 8.57. The van der Waals surface area contributed by atoms with E-state index in [9.17, 15) is 4.79 Å². The van der Waals surface area contributed by atoms with Crippen molar-refractivity contribution in [2.24, 2.45) is 0 Å². The quantitative estimate of drug-likeness (QED) is 0.546. The summed E-state index contributed by atoms with van der Waals surface area (Å²) in [7, 11) is 0. The predicted octanol–water partition coefficient (Wildman–Crippen LogP) is 3.66. The zero-order valence-corrected chi connectivity index (χ0v) is 20.2. The number of rotatable bonds is 7. The molecule has 1 amide bonds. The maximum Gasteiger partial charge on any atom is 0.253 e. The molecular formula is C25H33N5O3. The van der Waals surface area contributed by atoms with Crippen LogP contribution < -0.4 is 4.74 Å². The minimum absolute atomic E-state index is 0.0677. The third-order valence-corrected chi connectivity index (χ3v) is 6.54. The number of aromatic nitrogens is 3. The van der Waals surface area contributed by atoms with Gasteiger partial charge in [-0.3, -0.25) is 14.4 Å². The molecule has 0 radical (unpaired) electrons. The van der Waals surface area contributed by atoms with E-state index in [1.165, 1.54) is 11.3 Å². The topological polar surface area (TPSA) is 76.6 Å². The number of amides is 1. The van der Waals surface area contributed by atoms with E-state index in [0.717, 1.165) is 67.7 Å². The molecule has 3 heterocycles. The Morgan fingerprint density at radius 3 is 2.27 bits per heavy atom. The highest BCUT2D eigenvalue weighted by Crippen LogP contribution is 2.20. The molecule has 1 aromatic carbocycles. The molecule has 1 fully saturated rings. The Kier molecular flexibility index (Phi) is 6.83. The van der Waals surface area contributed by atoms with Gasteiger partial charge in [0, 0.05) is 56.1 Å². The number of piperazine rings is 1. The molecule has 1 aliphatic heterocycles. The zero-order valence-electron chi connectivity index (χ0n) is 20.2. The van der Waals surface area contributed by atoms with Crippen LogP contribution in [0.2, 0.25) is 0 Å². The van der Waals surface area contributed by atoms with Gasteiger partial charge in [0.15, 0.2) is 0 Å². The summed E-state index contributed by atoms with van der Waals surface area (Å²) < 4.78 is 13.1. The van der Waals surface area contributed by atoms with Gasteiger partial charge in [-0.25, -0.2) is 0 Å². The van der Waals surface area contributed by atoms with E-state index >= 15 is 0 Å². The van der Waals surface area contributed by atoms with Crippen LogP contribution in [0.25, 0.3) is 0 Å². The lowest BCUT2D eigenvalue weighted by atomic mass is 10.1. The Hall–Kier alpha value is -3.13. The average Bonchev–Trinajstić information content (AvgIpc) is 3.30. The molecule has 0 atom stereocenters. The summed E-state index contributed by atoms with van der Waals surface area (Å²) in [5.41, 5.74) is 6.13. The number of carbonyl (C=O) groups is 1. The second-order valence-electron chi connectivity index (χ2n) is 8.65. The smallest absolute Gasteiger partial charge is 0.253 e. The van der Waals surface area contributed by atoms with E-state index in [2.05, 4.69) is 40.6 Å². The minimum atomic E-state index is 0.0677. The van der Waals surface area contributed by atoms with Crippen LogP contribution in [0, 0.1) is 27.7 Å². The molecule has 0 saturated carbocycles. The van der Waals surface area contributed by atoms with Crippen LogP contribution in [0.4, 0.5) is 0 Å². The SMILES string of the molecule is CCn1nc(C)c(CN2CCN(C(=O)c3ccc(OCc4c(C)noc4C)cc3)CC2)c1C. The van der Waals surface area contributed by atoms with Gasteiger partial charge in [-0.05, 0) is 58.9 Å². The lowest BCUT2D eigenvalue weighted by Crippen LogP contribution is -2.48. The third-order valence-electron chi connectivity index (χ3n) is 6.54. The average molecular weight is 452 g/mol. The van der Waals surface area contributed by atoms with Gasteiger partial charge in [0.05, 0.1) is 17.0 Å². The Morgan fingerprint density at radius 1 is 1.00 bits per heavy atom. The van der Waals surface area contributed by atoms with Gasteiger partial charge in [-0.2, -0.15) is 5.10 Å². The standard InChI is InChI=1S/C25H33N5O3/c1-6-30-19(4)23(17(2)26-30)15-28-11-13-29(14-12-28)25(31)21-7-9-22(10-8-21)32-16-24-18(3)27-33-20(24)5/h7-10H,6,11-16H2,1-5H3. The first-order valence-electron chi connectivity index (χ1n) is 11.6. The second-order valence-corrected chi connectivity index (χ2v) is 8.65. The van der Waals surface area contributed by atoms with Crippen molar-refractivity contribution in [2.75, 3.05) is 26.2 Å². The molecule has 8 nitrogen and oxygen atoms in total. The van der Waals surface area contributed by atoms with Crippen LogP contribution in [-0.4, -0.2) is 56.8 Å². The molecule has 1 saturated heterocycles. The molecule has 33 heavy (non-hydrogen) atoms. The molecule has 0 spiro atoms. The highest BCUT2D eigenvalue weighted by Gasteiger charge is 2.24. The fourth-order valence-corrected chi connectivity index (χ4v) is 4.34. The highest BCUT2D eigenvalue weighted by atomic mass is 16.5. The molecule has 1 aliphatic rings. The lowest BCUT2D eigenvalue weighted by Gasteiger charge is -2.34. The number of carbonyl (C=O) groups excluding carboxylic acids is 1. The number of ether oxygens (including phenoxy) is 1. The van der Waals surface area contributed by atoms with Crippen molar-refractivity contribution in [1.29, 1.82) is 0 Å².